The lowest BCUT2D eigenvalue weighted by Gasteiger charge is -2.26. The third kappa shape index (κ3) is 1.46. The van der Waals surface area contributed by atoms with Crippen LogP contribution in [0.1, 0.15) is 12.8 Å². The first-order valence-electron chi connectivity index (χ1n) is 5.16. The molecule has 0 spiro atoms. The number of benzene rings is 1. The quantitative estimate of drug-likeness (QED) is 0.652. The first kappa shape index (κ1) is 9.28. The standard InChI is InChI=1S/C12H10BBrO/c14-13-9-5-1-3-7-11(9)15-12-8-4-2-6-10(12)13/h1-3,5-7H,4,8H2. The fourth-order valence-electron chi connectivity index (χ4n) is 2.08. The molecule has 0 amide bonds. The number of hydrogen-bond donors (Lipinski definition) is 0. The van der Waals surface area contributed by atoms with E-state index in [4.69, 9.17) is 4.74 Å². The van der Waals surface area contributed by atoms with E-state index in [0.29, 0.717) is 0 Å². The Hall–Kier alpha value is -0.955. The van der Waals surface area contributed by atoms with Crippen molar-refractivity contribution in [1.29, 1.82) is 0 Å². The minimum Gasteiger partial charge on any atom is -0.463 e. The summed E-state index contributed by atoms with van der Waals surface area (Å²) in [5, 5.41) is 0. The van der Waals surface area contributed by atoms with Crippen LogP contribution in [0.15, 0.2) is 47.6 Å². The Kier molecular flexibility index (Phi) is 2.21. The Bertz CT molecular complexity index is 464. The Labute approximate surface area is 97.9 Å². The zero-order valence-electron chi connectivity index (χ0n) is 8.24. The van der Waals surface area contributed by atoms with Gasteiger partial charge in [-0.3, -0.25) is 0 Å². The van der Waals surface area contributed by atoms with Gasteiger partial charge in [0.05, 0.1) is 0 Å². The highest BCUT2D eigenvalue weighted by Crippen LogP contribution is 2.31. The summed E-state index contributed by atoms with van der Waals surface area (Å²) in [6.45, 7) is 0. The summed E-state index contributed by atoms with van der Waals surface area (Å²) in [6.07, 6.45) is 6.49. The van der Waals surface area contributed by atoms with Crippen molar-refractivity contribution in [3.8, 4) is 5.75 Å². The maximum absolute atomic E-state index is 5.90. The minimum atomic E-state index is 0.286. The number of allylic oxidation sites excluding steroid dienone is 4. The number of para-hydroxylation sites is 1. The topological polar surface area (TPSA) is 9.23 Å². The monoisotopic (exact) mass is 260 g/mol. The molecule has 0 N–H and O–H groups in total. The van der Waals surface area contributed by atoms with E-state index in [1.807, 2.05) is 12.1 Å². The normalized spacial score (nSPS) is 18.3. The van der Waals surface area contributed by atoms with Crippen LogP contribution in [0.2, 0.25) is 0 Å². The highest BCUT2D eigenvalue weighted by atomic mass is 79.9. The summed E-state index contributed by atoms with van der Waals surface area (Å²) in [5.41, 5.74) is 2.79. The maximum atomic E-state index is 5.90. The van der Waals surface area contributed by atoms with Gasteiger partial charge in [0.15, 0.2) is 0 Å². The molecule has 0 atom stereocenters. The smallest absolute Gasteiger partial charge is 0.294 e. The summed E-state index contributed by atoms with van der Waals surface area (Å²) in [6, 6.07) is 8.21. The molecule has 15 heavy (non-hydrogen) atoms. The summed E-state index contributed by atoms with van der Waals surface area (Å²) < 4.78 is 5.90. The van der Waals surface area contributed by atoms with Crippen molar-refractivity contribution in [1.82, 2.24) is 0 Å². The zero-order chi connectivity index (χ0) is 10.3. The van der Waals surface area contributed by atoms with Gasteiger partial charge in [-0.1, -0.05) is 30.4 Å². The number of rotatable bonds is 0. The molecule has 0 aromatic heterocycles. The van der Waals surface area contributed by atoms with E-state index in [-0.39, 0.29) is 5.54 Å². The molecule has 0 saturated carbocycles. The van der Waals surface area contributed by atoms with Crippen LogP contribution in [0.5, 0.6) is 5.75 Å². The highest BCUT2D eigenvalue weighted by molar-refractivity contribution is 9.25. The zero-order valence-corrected chi connectivity index (χ0v) is 9.83. The van der Waals surface area contributed by atoms with Crippen molar-refractivity contribution in [2.45, 2.75) is 12.8 Å². The van der Waals surface area contributed by atoms with E-state index in [0.717, 1.165) is 24.4 Å². The van der Waals surface area contributed by atoms with Gasteiger partial charge in [-0.15, -0.1) is 15.8 Å². The van der Waals surface area contributed by atoms with Gasteiger partial charge < -0.3 is 4.74 Å². The number of halogens is 1. The van der Waals surface area contributed by atoms with Gasteiger partial charge in [0.2, 0.25) is 0 Å². The van der Waals surface area contributed by atoms with Gasteiger partial charge in [0.1, 0.15) is 11.5 Å². The Balaban J connectivity index is 2.11. The number of ether oxygens (including phenoxy) is 1. The van der Waals surface area contributed by atoms with Crippen LogP contribution in [0.3, 0.4) is 0 Å². The molecule has 0 unspecified atom stereocenters. The largest absolute Gasteiger partial charge is 0.463 e. The van der Waals surface area contributed by atoms with Crippen LogP contribution in [0, 0.1) is 0 Å². The van der Waals surface area contributed by atoms with Crippen LogP contribution in [-0.2, 0) is 0 Å². The van der Waals surface area contributed by atoms with Crippen LogP contribution < -0.4 is 10.2 Å². The molecule has 74 valence electrons. The highest BCUT2D eigenvalue weighted by Gasteiger charge is 2.30. The van der Waals surface area contributed by atoms with Crippen molar-refractivity contribution in [2.24, 2.45) is 0 Å². The van der Waals surface area contributed by atoms with Gasteiger partial charge >= 0.3 is 0 Å². The molecule has 0 bridgehead atoms. The van der Waals surface area contributed by atoms with Gasteiger partial charge in [-0.25, -0.2) is 0 Å². The molecule has 1 aliphatic carbocycles. The molecule has 1 heterocycles. The molecule has 1 aromatic rings. The van der Waals surface area contributed by atoms with Crippen molar-refractivity contribution >= 4 is 26.8 Å². The molecular formula is C12H10BBrO. The van der Waals surface area contributed by atoms with E-state index in [1.54, 1.807) is 0 Å². The van der Waals surface area contributed by atoms with E-state index < -0.39 is 0 Å². The predicted octanol–water partition coefficient (Wildman–Crippen LogP) is 2.82. The van der Waals surface area contributed by atoms with Gasteiger partial charge in [-0.2, -0.15) is 0 Å². The third-order valence-corrected chi connectivity index (χ3v) is 3.84. The molecule has 3 heteroatoms. The van der Waals surface area contributed by atoms with Crippen LogP contribution in [0.4, 0.5) is 0 Å². The average molecular weight is 261 g/mol. The molecular weight excluding hydrogens is 251 g/mol. The molecule has 0 radical (unpaired) electrons. The molecule has 0 fully saturated rings. The molecule has 1 aliphatic heterocycles. The van der Waals surface area contributed by atoms with E-state index in [1.165, 1.54) is 10.9 Å². The lowest BCUT2D eigenvalue weighted by Crippen LogP contribution is -2.34. The molecule has 1 aromatic carbocycles. The summed E-state index contributed by atoms with van der Waals surface area (Å²) in [4.78, 5) is 0. The fraction of sp³-hybridized carbons (Fsp3) is 0.167. The van der Waals surface area contributed by atoms with Crippen LogP contribution in [0.25, 0.3) is 0 Å². The fourth-order valence-corrected chi connectivity index (χ4v) is 2.87. The van der Waals surface area contributed by atoms with Crippen molar-refractivity contribution < 1.29 is 4.74 Å². The van der Waals surface area contributed by atoms with Gasteiger partial charge in [-0.05, 0) is 23.4 Å². The second kappa shape index (κ2) is 3.56. The minimum absolute atomic E-state index is 0.286. The van der Waals surface area contributed by atoms with E-state index >= 15 is 0 Å². The van der Waals surface area contributed by atoms with Gasteiger partial charge in [0, 0.05) is 6.42 Å². The maximum Gasteiger partial charge on any atom is 0.294 e. The lowest BCUT2D eigenvalue weighted by atomic mass is 9.59. The van der Waals surface area contributed by atoms with Crippen LogP contribution in [-0.4, -0.2) is 5.54 Å². The van der Waals surface area contributed by atoms with E-state index in [9.17, 15) is 0 Å². The summed E-state index contributed by atoms with van der Waals surface area (Å²) in [7, 11) is 0. The second-order valence-electron chi connectivity index (χ2n) is 3.82. The first-order chi connectivity index (χ1) is 7.36. The van der Waals surface area contributed by atoms with Crippen molar-refractivity contribution in [3.05, 3.63) is 47.6 Å². The molecule has 2 aliphatic rings. The van der Waals surface area contributed by atoms with Crippen molar-refractivity contribution in [3.63, 3.8) is 0 Å². The van der Waals surface area contributed by atoms with Crippen molar-refractivity contribution in [2.75, 3.05) is 0 Å². The average Bonchev–Trinajstić information content (AvgIpc) is 2.30. The summed E-state index contributed by atoms with van der Waals surface area (Å²) in [5.74, 6) is 2.12. The molecule has 0 saturated heterocycles. The first-order valence-corrected chi connectivity index (χ1v) is 6.08. The van der Waals surface area contributed by atoms with Gasteiger partial charge in [0.25, 0.3) is 5.54 Å². The third-order valence-electron chi connectivity index (χ3n) is 2.86. The number of hydrogen-bond acceptors (Lipinski definition) is 1. The summed E-state index contributed by atoms with van der Waals surface area (Å²) >= 11 is 3.74. The Morgan fingerprint density at radius 2 is 2.13 bits per heavy atom. The SMILES string of the molecule is BrB1C2=C(CCC=C2)Oc2ccccc21. The van der Waals surface area contributed by atoms with E-state index in [2.05, 4.69) is 40.0 Å². The molecule has 3 rings (SSSR count). The lowest BCUT2D eigenvalue weighted by molar-refractivity contribution is 0.401. The Morgan fingerprint density at radius 1 is 1.27 bits per heavy atom. The second-order valence-corrected chi connectivity index (χ2v) is 4.74. The molecule has 1 nitrogen and oxygen atoms in total. The Morgan fingerprint density at radius 3 is 3.07 bits per heavy atom. The predicted molar refractivity (Wildman–Crippen MR) is 66.8 cm³/mol. The number of fused-ring (bicyclic) bond motifs is 1. The van der Waals surface area contributed by atoms with Crippen LogP contribution >= 0.6 is 15.8 Å².